The third kappa shape index (κ3) is 13.1. The Kier molecular flexibility index (Phi) is 13.8. The smallest absolute Gasteiger partial charge is 0.325 e. The fourth-order valence-electron chi connectivity index (χ4n) is 2.42. The van der Waals surface area contributed by atoms with E-state index >= 15 is 0 Å². The van der Waals surface area contributed by atoms with Crippen molar-refractivity contribution in [3.63, 3.8) is 0 Å². The number of rotatable bonds is 15. The van der Waals surface area contributed by atoms with E-state index < -0.39 is 12.0 Å². The zero-order valence-electron chi connectivity index (χ0n) is 15.2. The maximum Gasteiger partial charge on any atom is 0.325 e. The van der Waals surface area contributed by atoms with Gasteiger partial charge in [-0.3, -0.25) is 9.59 Å². The first-order valence-electron chi connectivity index (χ1n) is 9.25. The van der Waals surface area contributed by atoms with E-state index in [1.807, 2.05) is 0 Å². The first-order valence-corrected chi connectivity index (χ1v) is 9.25. The van der Waals surface area contributed by atoms with E-state index in [2.05, 4.69) is 17.6 Å². The molecule has 0 aromatic heterocycles. The highest BCUT2D eigenvalue weighted by Gasteiger charge is 2.18. The molecule has 0 radical (unpaired) electrons. The molecule has 0 rings (SSSR count). The molecule has 2 unspecified atom stereocenters. The van der Waals surface area contributed by atoms with Gasteiger partial charge in [0.2, 0.25) is 5.91 Å². The van der Waals surface area contributed by atoms with Crippen molar-refractivity contribution in [1.82, 2.24) is 10.6 Å². The predicted molar refractivity (Wildman–Crippen MR) is 94.5 cm³/mol. The zero-order chi connectivity index (χ0) is 17.5. The lowest BCUT2D eigenvalue weighted by Crippen LogP contribution is -2.48. The molecule has 3 N–H and O–H groups in total. The summed E-state index contributed by atoms with van der Waals surface area (Å²) >= 11 is 0. The number of carboxylic acid groups (broad SMARTS) is 1. The predicted octanol–water partition coefficient (Wildman–Crippen LogP) is 3.47. The van der Waals surface area contributed by atoms with Crippen molar-refractivity contribution < 1.29 is 14.7 Å². The second-order valence-corrected chi connectivity index (χ2v) is 6.43. The molecule has 0 aromatic carbocycles. The molecule has 0 heterocycles. The van der Waals surface area contributed by atoms with E-state index in [-0.39, 0.29) is 11.9 Å². The Morgan fingerprint density at radius 2 is 1.30 bits per heavy atom. The molecular weight excluding hydrogens is 292 g/mol. The number of hydrogen-bond donors (Lipinski definition) is 3. The van der Waals surface area contributed by atoms with Crippen LogP contribution in [-0.2, 0) is 9.59 Å². The van der Waals surface area contributed by atoms with Crippen LogP contribution < -0.4 is 10.6 Å². The number of carbonyl (C=O) groups is 2. The molecule has 0 saturated carbocycles. The molecule has 0 aromatic rings. The summed E-state index contributed by atoms with van der Waals surface area (Å²) < 4.78 is 0. The highest BCUT2D eigenvalue weighted by atomic mass is 16.4. The Morgan fingerprint density at radius 1 is 0.826 bits per heavy atom. The van der Waals surface area contributed by atoms with Crippen LogP contribution in [0.2, 0.25) is 0 Å². The van der Waals surface area contributed by atoms with E-state index in [4.69, 9.17) is 5.11 Å². The number of carboxylic acids is 1. The van der Waals surface area contributed by atoms with Crippen molar-refractivity contribution in [2.45, 2.75) is 97.1 Å². The zero-order valence-corrected chi connectivity index (χ0v) is 15.2. The fraction of sp³-hybridized carbons (Fsp3) is 0.889. The van der Waals surface area contributed by atoms with E-state index in [1.165, 1.54) is 64.7 Å². The maximum atomic E-state index is 11.7. The third-order valence-corrected chi connectivity index (χ3v) is 4.10. The molecule has 0 fully saturated rings. The molecule has 0 bridgehead atoms. The average Bonchev–Trinajstić information content (AvgIpc) is 2.52. The van der Waals surface area contributed by atoms with Crippen LogP contribution in [-0.4, -0.2) is 35.6 Å². The number of hydrogen-bond acceptors (Lipinski definition) is 3. The maximum absolute atomic E-state index is 11.7. The van der Waals surface area contributed by atoms with Crippen LogP contribution in [0.5, 0.6) is 0 Å². The number of unbranched alkanes of at least 4 members (excludes halogenated alkanes) is 9. The van der Waals surface area contributed by atoms with Gasteiger partial charge in [-0.2, -0.15) is 0 Å². The quantitative estimate of drug-likeness (QED) is 0.402. The monoisotopic (exact) mass is 328 g/mol. The number of carbonyl (C=O) groups excluding carboxylic acids is 1. The number of aliphatic carboxylic acids is 1. The molecule has 0 saturated heterocycles. The highest BCUT2D eigenvalue weighted by molar-refractivity contribution is 5.86. The third-order valence-electron chi connectivity index (χ3n) is 4.10. The van der Waals surface area contributed by atoms with Crippen molar-refractivity contribution in [2.75, 3.05) is 6.54 Å². The molecule has 0 aliphatic rings. The molecule has 0 aliphatic heterocycles. The largest absolute Gasteiger partial charge is 0.480 e. The van der Waals surface area contributed by atoms with E-state index in [1.54, 1.807) is 6.92 Å². The Hall–Kier alpha value is -1.10. The lowest BCUT2D eigenvalue weighted by atomic mass is 10.1. The van der Waals surface area contributed by atoms with Gasteiger partial charge in [-0.05, 0) is 26.8 Å². The molecular formula is C18H36N2O3. The van der Waals surface area contributed by atoms with Crippen molar-refractivity contribution >= 4 is 11.9 Å². The van der Waals surface area contributed by atoms with Crippen LogP contribution in [0.4, 0.5) is 0 Å². The lowest BCUT2D eigenvalue weighted by molar-refractivity contribution is -0.141. The molecule has 1 amide bonds. The molecule has 0 aliphatic carbocycles. The van der Waals surface area contributed by atoms with Crippen LogP contribution in [0.3, 0.4) is 0 Å². The van der Waals surface area contributed by atoms with Crippen LogP contribution in [0.15, 0.2) is 0 Å². The van der Waals surface area contributed by atoms with Gasteiger partial charge in [-0.15, -0.1) is 0 Å². The van der Waals surface area contributed by atoms with Crippen molar-refractivity contribution in [1.29, 1.82) is 0 Å². The summed E-state index contributed by atoms with van der Waals surface area (Å²) in [5.74, 6) is -1.27. The second-order valence-electron chi connectivity index (χ2n) is 6.43. The first kappa shape index (κ1) is 21.9. The average molecular weight is 328 g/mol. The van der Waals surface area contributed by atoms with Gasteiger partial charge in [0.1, 0.15) is 6.04 Å². The highest BCUT2D eigenvalue weighted by Crippen LogP contribution is 2.10. The van der Waals surface area contributed by atoms with Gasteiger partial charge in [0.25, 0.3) is 0 Å². The molecule has 23 heavy (non-hydrogen) atoms. The fourth-order valence-corrected chi connectivity index (χ4v) is 2.42. The topological polar surface area (TPSA) is 78.4 Å². The molecule has 5 nitrogen and oxygen atoms in total. The van der Waals surface area contributed by atoms with Gasteiger partial charge in [0.05, 0.1) is 6.04 Å². The summed E-state index contributed by atoms with van der Waals surface area (Å²) in [6, 6.07) is -1.19. The molecule has 2 atom stereocenters. The standard InChI is InChI=1S/C18H36N2O3/c1-4-5-6-7-8-9-10-11-12-13-14-19-15(2)17(21)20-16(3)18(22)23/h15-16,19H,4-14H2,1-3H3,(H,20,21)(H,22,23). The summed E-state index contributed by atoms with van der Waals surface area (Å²) in [6.45, 7) is 6.27. The van der Waals surface area contributed by atoms with Crippen molar-refractivity contribution in [3.05, 3.63) is 0 Å². The lowest BCUT2D eigenvalue weighted by Gasteiger charge is -2.16. The van der Waals surface area contributed by atoms with Crippen LogP contribution in [0.1, 0.15) is 85.0 Å². The summed E-state index contributed by atoms with van der Waals surface area (Å²) in [4.78, 5) is 22.4. The minimum Gasteiger partial charge on any atom is -0.480 e. The van der Waals surface area contributed by atoms with Crippen LogP contribution in [0.25, 0.3) is 0 Å². The van der Waals surface area contributed by atoms with Crippen LogP contribution >= 0.6 is 0 Å². The van der Waals surface area contributed by atoms with Crippen molar-refractivity contribution in [2.24, 2.45) is 0 Å². The number of nitrogens with one attached hydrogen (secondary N) is 2. The van der Waals surface area contributed by atoms with Gasteiger partial charge in [0, 0.05) is 0 Å². The summed E-state index contributed by atoms with van der Waals surface area (Å²) in [5, 5.41) is 14.4. The van der Waals surface area contributed by atoms with E-state index in [0.717, 1.165) is 13.0 Å². The molecule has 5 heteroatoms. The summed E-state index contributed by atoms with van der Waals surface area (Å²) in [5.41, 5.74) is 0. The van der Waals surface area contributed by atoms with E-state index in [0.29, 0.717) is 0 Å². The number of amides is 1. The van der Waals surface area contributed by atoms with E-state index in [9.17, 15) is 9.59 Å². The first-order chi connectivity index (χ1) is 11.0. The minimum absolute atomic E-state index is 0.257. The Labute approximate surface area is 141 Å². The normalized spacial score (nSPS) is 13.5. The van der Waals surface area contributed by atoms with Gasteiger partial charge in [0.15, 0.2) is 0 Å². The van der Waals surface area contributed by atoms with Gasteiger partial charge in [-0.1, -0.05) is 64.7 Å². The second kappa shape index (κ2) is 14.5. The Bertz CT molecular complexity index is 321. The molecule has 136 valence electrons. The molecule has 0 spiro atoms. The summed E-state index contributed by atoms with van der Waals surface area (Å²) in [7, 11) is 0. The Morgan fingerprint density at radius 3 is 1.78 bits per heavy atom. The van der Waals surface area contributed by atoms with Gasteiger partial charge >= 0.3 is 5.97 Å². The van der Waals surface area contributed by atoms with Gasteiger partial charge < -0.3 is 15.7 Å². The Balaban J connectivity index is 3.43. The summed E-state index contributed by atoms with van der Waals surface area (Å²) in [6.07, 6.45) is 12.9. The minimum atomic E-state index is -1.01. The van der Waals surface area contributed by atoms with Crippen molar-refractivity contribution in [3.8, 4) is 0 Å². The van der Waals surface area contributed by atoms with Gasteiger partial charge in [-0.25, -0.2) is 0 Å². The SMILES string of the molecule is CCCCCCCCCCCCNC(C)C(=O)NC(C)C(=O)O. The van der Waals surface area contributed by atoms with Crippen LogP contribution in [0, 0.1) is 0 Å².